The minimum atomic E-state index is -0.506. The van der Waals surface area contributed by atoms with Crippen LogP contribution in [-0.4, -0.2) is 18.4 Å². The van der Waals surface area contributed by atoms with Gasteiger partial charge >= 0.3 is 5.97 Å². The fourth-order valence-electron chi connectivity index (χ4n) is 4.04. The molecule has 2 heterocycles. The van der Waals surface area contributed by atoms with Gasteiger partial charge in [-0.1, -0.05) is 18.2 Å². The molecule has 4 rings (SSSR count). The molecule has 0 spiro atoms. The van der Waals surface area contributed by atoms with Crippen molar-refractivity contribution in [1.29, 1.82) is 0 Å². The number of hydrogen-bond acceptors (Lipinski definition) is 6. The monoisotopic (exact) mass is 472 g/mol. The van der Waals surface area contributed by atoms with Crippen LogP contribution in [0.5, 0.6) is 0 Å². The van der Waals surface area contributed by atoms with Gasteiger partial charge in [0.05, 0.1) is 21.9 Å². The predicted octanol–water partition coefficient (Wildman–Crippen LogP) is 4.85. The average Bonchev–Trinajstić information content (AvgIpc) is 3.14. The van der Waals surface area contributed by atoms with E-state index in [0.29, 0.717) is 23.4 Å². The van der Waals surface area contributed by atoms with Crippen LogP contribution in [0.3, 0.4) is 0 Å². The van der Waals surface area contributed by atoms with Crippen molar-refractivity contribution in [1.82, 2.24) is 0 Å². The molecule has 29 heavy (non-hydrogen) atoms. The lowest BCUT2D eigenvalue weighted by Gasteiger charge is -2.40. The van der Waals surface area contributed by atoms with Crippen molar-refractivity contribution < 1.29 is 14.3 Å². The number of ketones is 1. The van der Waals surface area contributed by atoms with E-state index in [1.165, 1.54) is 11.3 Å². The van der Waals surface area contributed by atoms with Gasteiger partial charge < -0.3 is 10.5 Å². The maximum atomic E-state index is 13.1. The Morgan fingerprint density at radius 1 is 1.24 bits per heavy atom. The van der Waals surface area contributed by atoms with Crippen LogP contribution in [0.4, 0.5) is 5.69 Å². The lowest BCUT2D eigenvalue weighted by atomic mass is 9.77. The summed E-state index contributed by atoms with van der Waals surface area (Å²) in [5.74, 6) is -0.591. The topological polar surface area (TPSA) is 72.6 Å². The quantitative estimate of drug-likeness (QED) is 0.643. The van der Waals surface area contributed by atoms with Crippen molar-refractivity contribution in [3.63, 3.8) is 0 Å². The highest BCUT2D eigenvalue weighted by Crippen LogP contribution is 2.48. The molecule has 1 aliphatic carbocycles. The van der Waals surface area contributed by atoms with Gasteiger partial charge in [-0.3, -0.25) is 9.69 Å². The molecular weight excluding hydrogens is 452 g/mol. The number of rotatable bonds is 4. The van der Waals surface area contributed by atoms with Gasteiger partial charge in [-0.2, -0.15) is 0 Å². The molecule has 1 aromatic heterocycles. The number of thiophene rings is 1. The van der Waals surface area contributed by atoms with Crippen LogP contribution in [-0.2, 0) is 14.3 Å². The zero-order valence-electron chi connectivity index (χ0n) is 16.0. The number of allylic oxidation sites excluding steroid dienone is 2. The minimum absolute atomic E-state index is 0.0657. The summed E-state index contributed by atoms with van der Waals surface area (Å²) in [6.45, 7) is 2.00. The van der Waals surface area contributed by atoms with Crippen molar-refractivity contribution in [3.05, 3.63) is 73.8 Å². The van der Waals surface area contributed by atoms with Gasteiger partial charge in [-0.25, -0.2) is 4.79 Å². The van der Waals surface area contributed by atoms with Crippen LogP contribution < -0.4 is 10.6 Å². The number of carbonyl (C=O) groups is 2. The average molecular weight is 473 g/mol. The summed E-state index contributed by atoms with van der Waals surface area (Å²) in [4.78, 5) is 28.9. The summed E-state index contributed by atoms with van der Waals surface area (Å²) >= 11 is 5.00. The number of esters is 1. The Labute approximate surface area is 182 Å². The highest BCUT2D eigenvalue weighted by atomic mass is 79.9. The summed E-state index contributed by atoms with van der Waals surface area (Å²) in [7, 11) is 0. The molecule has 0 amide bonds. The molecule has 1 unspecified atom stereocenters. The smallest absolute Gasteiger partial charge is 0.338 e. The summed E-state index contributed by atoms with van der Waals surface area (Å²) in [6.07, 6.45) is 1.97. The lowest BCUT2D eigenvalue weighted by Crippen LogP contribution is -2.40. The standard InChI is InChI=1S/C22H21BrN2O3S/c1-2-28-22(27)20-19(16-11-12-17(23)29-16)18-14(9-6-10-15(18)26)25(21(20)24)13-7-4-3-5-8-13/h3-5,7-8,11-12,19H,2,6,9-10,24H2,1H3. The van der Waals surface area contributed by atoms with Crippen LogP contribution in [0.25, 0.3) is 0 Å². The Hall–Kier alpha value is -2.38. The third-order valence-electron chi connectivity index (χ3n) is 5.18. The van der Waals surface area contributed by atoms with Gasteiger partial charge in [-0.05, 0) is 60.0 Å². The van der Waals surface area contributed by atoms with Gasteiger partial charge in [0.2, 0.25) is 0 Å². The molecule has 0 fully saturated rings. The second kappa shape index (κ2) is 8.16. The Morgan fingerprint density at radius 2 is 2.00 bits per heavy atom. The van der Waals surface area contributed by atoms with E-state index in [2.05, 4.69) is 15.9 Å². The van der Waals surface area contributed by atoms with Crippen molar-refractivity contribution in [2.24, 2.45) is 5.73 Å². The Morgan fingerprint density at radius 3 is 2.66 bits per heavy atom. The van der Waals surface area contributed by atoms with Crippen molar-refractivity contribution in [2.75, 3.05) is 11.5 Å². The van der Waals surface area contributed by atoms with Crippen LogP contribution in [0, 0.1) is 0 Å². The van der Waals surface area contributed by atoms with Crippen LogP contribution in [0.15, 0.2) is 68.9 Å². The van der Waals surface area contributed by atoms with Crippen molar-refractivity contribution >= 4 is 44.7 Å². The van der Waals surface area contributed by atoms with E-state index < -0.39 is 11.9 Å². The highest BCUT2D eigenvalue weighted by molar-refractivity contribution is 9.11. The summed E-state index contributed by atoms with van der Waals surface area (Å²) in [6, 6.07) is 13.5. The third-order valence-corrected chi connectivity index (χ3v) is 6.87. The molecule has 150 valence electrons. The molecular formula is C22H21BrN2O3S. The number of anilines is 1. The molecule has 0 saturated carbocycles. The minimum Gasteiger partial charge on any atom is -0.463 e. The highest BCUT2D eigenvalue weighted by Gasteiger charge is 2.43. The van der Waals surface area contributed by atoms with Gasteiger partial charge in [0.25, 0.3) is 0 Å². The second-order valence-corrected chi connectivity index (χ2v) is 9.40. The molecule has 1 aliphatic heterocycles. The Balaban J connectivity index is 1.98. The number of Topliss-reactive ketones (excluding diaryl/α,β-unsaturated/α-hetero) is 1. The van der Waals surface area contributed by atoms with Crippen LogP contribution in [0.1, 0.15) is 37.0 Å². The summed E-state index contributed by atoms with van der Waals surface area (Å²) in [5.41, 5.74) is 9.33. The Kier molecular flexibility index (Phi) is 5.61. The SMILES string of the molecule is CCOC(=O)C1=C(N)N(c2ccccc2)C2=C(C(=O)CCC2)C1c1ccc(Br)s1. The second-order valence-electron chi connectivity index (χ2n) is 6.90. The molecule has 2 aromatic rings. The number of para-hydroxylation sites is 1. The number of nitrogens with zero attached hydrogens (tertiary/aromatic N) is 1. The van der Waals surface area contributed by atoms with E-state index in [9.17, 15) is 9.59 Å². The van der Waals surface area contributed by atoms with E-state index in [1.54, 1.807) is 6.92 Å². The molecule has 0 bridgehead atoms. The number of carbonyl (C=O) groups excluding carboxylic acids is 2. The third kappa shape index (κ3) is 3.53. The van der Waals surface area contributed by atoms with Gasteiger partial charge in [-0.15, -0.1) is 11.3 Å². The van der Waals surface area contributed by atoms with E-state index in [0.717, 1.165) is 32.9 Å². The maximum Gasteiger partial charge on any atom is 0.338 e. The van der Waals surface area contributed by atoms with Gasteiger partial charge in [0.15, 0.2) is 5.78 Å². The predicted molar refractivity (Wildman–Crippen MR) is 117 cm³/mol. The molecule has 0 saturated heterocycles. The summed E-state index contributed by atoms with van der Waals surface area (Å²) in [5, 5.41) is 0. The summed E-state index contributed by atoms with van der Waals surface area (Å²) < 4.78 is 6.30. The molecule has 0 radical (unpaired) electrons. The van der Waals surface area contributed by atoms with Gasteiger partial charge in [0, 0.05) is 28.3 Å². The zero-order valence-corrected chi connectivity index (χ0v) is 18.4. The van der Waals surface area contributed by atoms with E-state index in [4.69, 9.17) is 10.5 Å². The molecule has 2 aliphatic rings. The maximum absolute atomic E-state index is 13.1. The molecule has 2 N–H and O–H groups in total. The van der Waals surface area contributed by atoms with Crippen molar-refractivity contribution in [3.8, 4) is 0 Å². The molecule has 1 atom stereocenters. The fourth-order valence-corrected chi connectivity index (χ4v) is 5.58. The first-order valence-corrected chi connectivity index (χ1v) is 11.2. The Bertz CT molecular complexity index is 1030. The van der Waals surface area contributed by atoms with E-state index in [-0.39, 0.29) is 12.4 Å². The largest absolute Gasteiger partial charge is 0.463 e. The van der Waals surface area contributed by atoms with E-state index in [1.807, 2.05) is 47.4 Å². The molecule has 7 heteroatoms. The number of nitrogens with two attached hydrogens (primary N) is 1. The lowest BCUT2D eigenvalue weighted by molar-refractivity contribution is -0.138. The number of hydrogen-bond donors (Lipinski definition) is 1. The first-order valence-electron chi connectivity index (χ1n) is 9.56. The fraction of sp³-hybridized carbons (Fsp3) is 0.273. The molecule has 1 aromatic carbocycles. The zero-order chi connectivity index (χ0) is 20.5. The van der Waals surface area contributed by atoms with Gasteiger partial charge in [0.1, 0.15) is 5.82 Å². The van der Waals surface area contributed by atoms with Crippen molar-refractivity contribution in [2.45, 2.75) is 32.1 Å². The number of ether oxygens (including phenoxy) is 1. The molecule has 5 nitrogen and oxygen atoms in total. The number of benzene rings is 1. The normalized spacial score (nSPS) is 19.4. The van der Waals surface area contributed by atoms with Crippen LogP contribution in [0.2, 0.25) is 0 Å². The van der Waals surface area contributed by atoms with E-state index >= 15 is 0 Å². The number of halogens is 1. The van der Waals surface area contributed by atoms with Crippen LogP contribution >= 0.6 is 27.3 Å². The first-order chi connectivity index (χ1) is 14.0. The first kappa shape index (κ1) is 19.9.